The number of amides is 1. The van der Waals surface area contributed by atoms with Crippen molar-refractivity contribution in [1.29, 1.82) is 0 Å². The number of hydrogen-bond acceptors (Lipinski definition) is 4. The molecule has 0 radical (unpaired) electrons. The zero-order valence-electron chi connectivity index (χ0n) is 12.1. The van der Waals surface area contributed by atoms with Crippen molar-refractivity contribution in [2.75, 3.05) is 11.1 Å². The van der Waals surface area contributed by atoms with Gasteiger partial charge < -0.3 is 4.52 Å². The molecule has 0 bridgehead atoms. The SMILES string of the molecule is CC(C)(C)c1cc(NC(=O)CSc2ccccc2F)on1. The Morgan fingerprint density at radius 3 is 2.71 bits per heavy atom. The molecular weight excluding hydrogens is 291 g/mol. The highest BCUT2D eigenvalue weighted by atomic mass is 32.2. The average Bonchev–Trinajstić information content (AvgIpc) is 2.86. The first-order valence-corrected chi connectivity index (χ1v) is 7.49. The van der Waals surface area contributed by atoms with Gasteiger partial charge in [0.1, 0.15) is 5.82 Å². The molecule has 4 nitrogen and oxygen atoms in total. The lowest BCUT2D eigenvalue weighted by Crippen LogP contribution is -2.14. The molecule has 0 aliphatic carbocycles. The normalized spacial score (nSPS) is 11.4. The number of aromatic nitrogens is 1. The third kappa shape index (κ3) is 4.32. The van der Waals surface area contributed by atoms with Crippen molar-refractivity contribution in [3.63, 3.8) is 0 Å². The van der Waals surface area contributed by atoms with Crippen LogP contribution in [0.25, 0.3) is 0 Å². The Morgan fingerprint density at radius 1 is 1.38 bits per heavy atom. The van der Waals surface area contributed by atoms with Gasteiger partial charge in [-0.1, -0.05) is 38.1 Å². The van der Waals surface area contributed by atoms with Gasteiger partial charge in [0.25, 0.3) is 0 Å². The first-order chi connectivity index (χ1) is 9.86. The van der Waals surface area contributed by atoms with E-state index in [-0.39, 0.29) is 22.9 Å². The molecule has 21 heavy (non-hydrogen) atoms. The number of thioether (sulfide) groups is 1. The molecular formula is C15H17FN2O2S. The largest absolute Gasteiger partial charge is 0.338 e. The van der Waals surface area contributed by atoms with E-state index in [1.165, 1.54) is 6.07 Å². The molecule has 1 aromatic heterocycles. The smallest absolute Gasteiger partial charge is 0.237 e. The lowest BCUT2D eigenvalue weighted by Gasteiger charge is -2.12. The summed E-state index contributed by atoms with van der Waals surface area (Å²) in [6.07, 6.45) is 0. The van der Waals surface area contributed by atoms with Crippen molar-refractivity contribution in [3.8, 4) is 0 Å². The fraction of sp³-hybridized carbons (Fsp3) is 0.333. The molecule has 2 aromatic rings. The topological polar surface area (TPSA) is 55.1 Å². The highest BCUT2D eigenvalue weighted by Gasteiger charge is 2.19. The Kier molecular flexibility index (Phi) is 4.67. The molecule has 0 aliphatic rings. The fourth-order valence-electron chi connectivity index (χ4n) is 1.57. The van der Waals surface area contributed by atoms with Crippen LogP contribution in [-0.4, -0.2) is 16.8 Å². The van der Waals surface area contributed by atoms with E-state index in [0.29, 0.717) is 10.8 Å². The van der Waals surface area contributed by atoms with Crippen LogP contribution in [0, 0.1) is 5.82 Å². The molecule has 0 unspecified atom stereocenters. The van der Waals surface area contributed by atoms with Gasteiger partial charge in [-0.2, -0.15) is 0 Å². The van der Waals surface area contributed by atoms with E-state index < -0.39 is 0 Å². The summed E-state index contributed by atoms with van der Waals surface area (Å²) in [7, 11) is 0. The Labute approximate surface area is 127 Å². The highest BCUT2D eigenvalue weighted by molar-refractivity contribution is 8.00. The molecule has 0 saturated heterocycles. The van der Waals surface area contributed by atoms with E-state index in [4.69, 9.17) is 4.52 Å². The number of halogens is 1. The summed E-state index contributed by atoms with van der Waals surface area (Å²) in [5.74, 6) is -0.184. The minimum absolute atomic E-state index is 0.104. The third-order valence-corrected chi connectivity index (χ3v) is 3.79. The maximum absolute atomic E-state index is 13.4. The molecule has 0 saturated carbocycles. The molecule has 1 N–H and O–H groups in total. The van der Waals surface area contributed by atoms with Crippen LogP contribution in [0.2, 0.25) is 0 Å². The summed E-state index contributed by atoms with van der Waals surface area (Å²) in [4.78, 5) is 12.3. The lowest BCUT2D eigenvalue weighted by atomic mass is 9.92. The average molecular weight is 308 g/mol. The summed E-state index contributed by atoms with van der Waals surface area (Å²) in [6, 6.07) is 8.05. The number of nitrogens with zero attached hydrogens (tertiary/aromatic N) is 1. The first kappa shape index (κ1) is 15.6. The fourth-order valence-corrected chi connectivity index (χ4v) is 2.31. The summed E-state index contributed by atoms with van der Waals surface area (Å²) in [5, 5.41) is 6.53. The van der Waals surface area contributed by atoms with Gasteiger partial charge in [-0.25, -0.2) is 4.39 Å². The number of rotatable bonds is 4. The zero-order valence-corrected chi connectivity index (χ0v) is 13.0. The molecule has 1 heterocycles. The monoisotopic (exact) mass is 308 g/mol. The summed E-state index contributed by atoms with van der Waals surface area (Å²) in [6.45, 7) is 6.01. The first-order valence-electron chi connectivity index (χ1n) is 6.50. The van der Waals surface area contributed by atoms with Crippen LogP contribution >= 0.6 is 11.8 Å². The van der Waals surface area contributed by atoms with Crippen molar-refractivity contribution in [1.82, 2.24) is 5.16 Å². The number of benzene rings is 1. The van der Waals surface area contributed by atoms with Crippen LogP contribution in [0.5, 0.6) is 0 Å². The van der Waals surface area contributed by atoms with Gasteiger partial charge in [0.2, 0.25) is 11.8 Å². The molecule has 6 heteroatoms. The number of anilines is 1. The van der Waals surface area contributed by atoms with E-state index in [1.807, 2.05) is 20.8 Å². The van der Waals surface area contributed by atoms with E-state index in [0.717, 1.165) is 17.5 Å². The van der Waals surface area contributed by atoms with E-state index in [9.17, 15) is 9.18 Å². The predicted octanol–water partition coefficient (Wildman–Crippen LogP) is 3.84. The van der Waals surface area contributed by atoms with Crippen molar-refractivity contribution in [2.24, 2.45) is 0 Å². The van der Waals surface area contributed by atoms with Gasteiger partial charge in [0, 0.05) is 16.4 Å². The molecule has 1 aromatic carbocycles. The van der Waals surface area contributed by atoms with Crippen LogP contribution in [-0.2, 0) is 10.2 Å². The van der Waals surface area contributed by atoms with E-state index >= 15 is 0 Å². The lowest BCUT2D eigenvalue weighted by molar-refractivity contribution is -0.113. The predicted molar refractivity (Wildman–Crippen MR) is 81.0 cm³/mol. The van der Waals surface area contributed by atoms with Gasteiger partial charge in [-0.3, -0.25) is 10.1 Å². The molecule has 2 rings (SSSR count). The second-order valence-corrected chi connectivity index (χ2v) is 6.61. The molecule has 112 valence electrons. The Hall–Kier alpha value is -1.82. The second-order valence-electron chi connectivity index (χ2n) is 5.59. The van der Waals surface area contributed by atoms with Crippen molar-refractivity contribution >= 4 is 23.6 Å². The summed E-state index contributed by atoms with van der Waals surface area (Å²) in [5.41, 5.74) is 0.619. The minimum Gasteiger partial charge on any atom is -0.338 e. The summed E-state index contributed by atoms with van der Waals surface area (Å²) < 4.78 is 18.5. The molecule has 0 atom stereocenters. The third-order valence-electron chi connectivity index (χ3n) is 2.74. The van der Waals surface area contributed by atoms with Gasteiger partial charge >= 0.3 is 0 Å². The number of carbonyl (C=O) groups excluding carboxylic acids is 1. The quantitative estimate of drug-likeness (QED) is 0.872. The maximum atomic E-state index is 13.4. The van der Waals surface area contributed by atoms with Crippen LogP contribution < -0.4 is 5.32 Å². The second kappa shape index (κ2) is 6.30. The van der Waals surface area contributed by atoms with Crippen LogP contribution in [0.4, 0.5) is 10.3 Å². The number of hydrogen-bond donors (Lipinski definition) is 1. The van der Waals surface area contributed by atoms with Crippen LogP contribution in [0.1, 0.15) is 26.5 Å². The van der Waals surface area contributed by atoms with E-state index in [2.05, 4.69) is 10.5 Å². The van der Waals surface area contributed by atoms with Crippen molar-refractivity contribution in [3.05, 3.63) is 41.8 Å². The van der Waals surface area contributed by atoms with Crippen molar-refractivity contribution < 1.29 is 13.7 Å². The van der Waals surface area contributed by atoms with Gasteiger partial charge in [0.05, 0.1) is 11.4 Å². The number of nitrogens with one attached hydrogen (secondary N) is 1. The molecule has 0 aliphatic heterocycles. The van der Waals surface area contributed by atoms with Gasteiger partial charge in [-0.05, 0) is 12.1 Å². The Morgan fingerprint density at radius 2 is 2.10 bits per heavy atom. The maximum Gasteiger partial charge on any atom is 0.237 e. The minimum atomic E-state index is -0.329. The van der Waals surface area contributed by atoms with Gasteiger partial charge in [-0.15, -0.1) is 11.8 Å². The van der Waals surface area contributed by atoms with Crippen LogP contribution in [0.15, 0.2) is 39.8 Å². The van der Waals surface area contributed by atoms with Crippen molar-refractivity contribution in [2.45, 2.75) is 31.1 Å². The molecule has 0 fully saturated rings. The Balaban J connectivity index is 1.90. The van der Waals surface area contributed by atoms with E-state index in [1.54, 1.807) is 24.3 Å². The highest BCUT2D eigenvalue weighted by Crippen LogP contribution is 2.24. The Bertz CT molecular complexity index is 635. The molecule has 1 amide bonds. The zero-order chi connectivity index (χ0) is 15.5. The molecule has 0 spiro atoms. The standard InChI is InChI=1S/C15H17FN2O2S/c1-15(2,3)12-8-14(20-18-12)17-13(19)9-21-11-7-5-4-6-10(11)16/h4-8H,9H2,1-3H3,(H,17,19). The number of carbonyl (C=O) groups is 1. The van der Waals surface area contributed by atoms with Crippen LogP contribution in [0.3, 0.4) is 0 Å². The summed E-state index contributed by atoms with van der Waals surface area (Å²) >= 11 is 1.14. The van der Waals surface area contributed by atoms with Gasteiger partial charge in [0.15, 0.2) is 0 Å².